The SMILES string of the molecule is C=CCNCc1ccc(C)o1.Cl. The van der Waals surface area contributed by atoms with Gasteiger partial charge in [-0.3, -0.25) is 0 Å². The molecule has 0 aliphatic carbocycles. The molecule has 0 aromatic carbocycles. The Morgan fingerprint density at radius 3 is 2.83 bits per heavy atom. The van der Waals surface area contributed by atoms with Gasteiger partial charge in [-0.05, 0) is 19.1 Å². The molecule has 2 nitrogen and oxygen atoms in total. The monoisotopic (exact) mass is 187 g/mol. The molecule has 0 saturated carbocycles. The summed E-state index contributed by atoms with van der Waals surface area (Å²) in [6.45, 7) is 7.14. The van der Waals surface area contributed by atoms with E-state index in [1.54, 1.807) is 0 Å². The van der Waals surface area contributed by atoms with Crippen molar-refractivity contribution in [2.75, 3.05) is 6.54 Å². The topological polar surface area (TPSA) is 25.2 Å². The molecule has 0 amide bonds. The minimum absolute atomic E-state index is 0. The normalized spacial score (nSPS) is 9.08. The van der Waals surface area contributed by atoms with Crippen LogP contribution < -0.4 is 5.32 Å². The Morgan fingerprint density at radius 2 is 2.33 bits per heavy atom. The highest BCUT2D eigenvalue weighted by atomic mass is 35.5. The molecule has 0 spiro atoms. The molecule has 1 aromatic rings. The molecule has 0 radical (unpaired) electrons. The molecule has 1 rings (SSSR count). The molecular formula is C9H14ClNO. The third kappa shape index (κ3) is 3.60. The maximum Gasteiger partial charge on any atom is 0.117 e. The van der Waals surface area contributed by atoms with Crippen molar-refractivity contribution < 1.29 is 4.42 Å². The van der Waals surface area contributed by atoms with Crippen LogP contribution >= 0.6 is 12.4 Å². The largest absolute Gasteiger partial charge is 0.465 e. The lowest BCUT2D eigenvalue weighted by molar-refractivity contribution is 0.468. The van der Waals surface area contributed by atoms with E-state index in [1.807, 2.05) is 25.1 Å². The summed E-state index contributed by atoms with van der Waals surface area (Å²) in [6.07, 6.45) is 1.83. The van der Waals surface area contributed by atoms with Gasteiger partial charge in [0.25, 0.3) is 0 Å². The lowest BCUT2D eigenvalue weighted by atomic mass is 10.4. The summed E-state index contributed by atoms with van der Waals surface area (Å²) in [5.74, 6) is 1.93. The van der Waals surface area contributed by atoms with Crippen LogP contribution in [0.4, 0.5) is 0 Å². The summed E-state index contributed by atoms with van der Waals surface area (Å²) < 4.78 is 5.33. The fraction of sp³-hybridized carbons (Fsp3) is 0.333. The zero-order valence-corrected chi connectivity index (χ0v) is 7.99. The number of halogens is 1. The summed E-state index contributed by atoms with van der Waals surface area (Å²) in [7, 11) is 0. The van der Waals surface area contributed by atoms with Gasteiger partial charge in [-0.2, -0.15) is 0 Å². The van der Waals surface area contributed by atoms with Crippen LogP contribution in [0.25, 0.3) is 0 Å². The maximum atomic E-state index is 5.33. The third-order valence-corrected chi connectivity index (χ3v) is 1.38. The molecule has 0 unspecified atom stereocenters. The molecule has 0 fully saturated rings. The zero-order chi connectivity index (χ0) is 8.10. The van der Waals surface area contributed by atoms with Crippen LogP contribution in [0.1, 0.15) is 11.5 Å². The number of hydrogen-bond acceptors (Lipinski definition) is 2. The molecule has 0 saturated heterocycles. The smallest absolute Gasteiger partial charge is 0.117 e. The lowest BCUT2D eigenvalue weighted by Gasteiger charge is -1.96. The molecule has 1 aromatic heterocycles. The lowest BCUT2D eigenvalue weighted by Crippen LogP contribution is -2.11. The minimum Gasteiger partial charge on any atom is -0.465 e. The predicted molar refractivity (Wildman–Crippen MR) is 52.6 cm³/mol. The maximum absolute atomic E-state index is 5.33. The fourth-order valence-electron chi connectivity index (χ4n) is 0.878. The van der Waals surface area contributed by atoms with Crippen molar-refractivity contribution in [2.45, 2.75) is 13.5 Å². The van der Waals surface area contributed by atoms with Crippen molar-refractivity contribution in [3.05, 3.63) is 36.3 Å². The first kappa shape index (κ1) is 11.3. The summed E-state index contributed by atoms with van der Waals surface area (Å²) in [5, 5.41) is 3.15. The predicted octanol–water partition coefficient (Wildman–Crippen LogP) is 2.29. The second-order valence-electron chi connectivity index (χ2n) is 2.43. The highest BCUT2D eigenvalue weighted by Crippen LogP contribution is 2.04. The van der Waals surface area contributed by atoms with Gasteiger partial charge < -0.3 is 9.73 Å². The first-order valence-electron chi connectivity index (χ1n) is 3.70. The van der Waals surface area contributed by atoms with Gasteiger partial charge in [0.2, 0.25) is 0 Å². The van der Waals surface area contributed by atoms with Crippen LogP contribution in [-0.4, -0.2) is 6.54 Å². The fourth-order valence-corrected chi connectivity index (χ4v) is 0.878. The summed E-state index contributed by atoms with van der Waals surface area (Å²) in [5.41, 5.74) is 0. The van der Waals surface area contributed by atoms with Crippen molar-refractivity contribution in [2.24, 2.45) is 0 Å². The van der Waals surface area contributed by atoms with Gasteiger partial charge in [0.15, 0.2) is 0 Å². The standard InChI is InChI=1S/C9H13NO.ClH/c1-3-6-10-7-9-5-4-8(2)11-9;/h3-5,10H,1,6-7H2,2H3;1H. The second kappa shape index (κ2) is 5.86. The van der Waals surface area contributed by atoms with Crippen molar-refractivity contribution in [1.82, 2.24) is 5.32 Å². The van der Waals surface area contributed by atoms with E-state index in [2.05, 4.69) is 11.9 Å². The average molecular weight is 188 g/mol. The van der Waals surface area contributed by atoms with Crippen LogP contribution in [0.3, 0.4) is 0 Å². The van der Waals surface area contributed by atoms with Gasteiger partial charge in [0.1, 0.15) is 11.5 Å². The Balaban J connectivity index is 0.00000121. The Morgan fingerprint density at radius 1 is 1.58 bits per heavy atom. The number of nitrogens with one attached hydrogen (secondary N) is 1. The third-order valence-electron chi connectivity index (χ3n) is 1.38. The van der Waals surface area contributed by atoms with E-state index in [4.69, 9.17) is 4.42 Å². The molecule has 68 valence electrons. The summed E-state index contributed by atoms with van der Waals surface area (Å²) >= 11 is 0. The van der Waals surface area contributed by atoms with E-state index >= 15 is 0 Å². The van der Waals surface area contributed by atoms with Gasteiger partial charge in [-0.1, -0.05) is 6.08 Å². The van der Waals surface area contributed by atoms with Crippen LogP contribution in [0.2, 0.25) is 0 Å². The molecule has 0 aliphatic heterocycles. The van der Waals surface area contributed by atoms with Crippen LogP contribution in [0, 0.1) is 6.92 Å². The molecule has 0 bridgehead atoms. The van der Waals surface area contributed by atoms with Gasteiger partial charge in [-0.25, -0.2) is 0 Å². The van der Waals surface area contributed by atoms with Gasteiger partial charge >= 0.3 is 0 Å². The highest BCUT2D eigenvalue weighted by molar-refractivity contribution is 5.85. The van der Waals surface area contributed by atoms with Crippen molar-refractivity contribution >= 4 is 12.4 Å². The van der Waals surface area contributed by atoms with E-state index in [9.17, 15) is 0 Å². The van der Waals surface area contributed by atoms with E-state index in [-0.39, 0.29) is 12.4 Å². The van der Waals surface area contributed by atoms with E-state index in [0.29, 0.717) is 0 Å². The molecule has 0 atom stereocenters. The van der Waals surface area contributed by atoms with Gasteiger partial charge in [0, 0.05) is 6.54 Å². The number of furan rings is 1. The summed E-state index contributed by atoms with van der Waals surface area (Å²) in [6, 6.07) is 3.94. The van der Waals surface area contributed by atoms with Crippen LogP contribution in [0.15, 0.2) is 29.2 Å². The van der Waals surface area contributed by atoms with Crippen molar-refractivity contribution in [3.63, 3.8) is 0 Å². The minimum atomic E-state index is 0. The first-order chi connectivity index (χ1) is 5.33. The highest BCUT2D eigenvalue weighted by Gasteiger charge is 1.95. The quantitative estimate of drug-likeness (QED) is 0.578. The first-order valence-corrected chi connectivity index (χ1v) is 3.70. The average Bonchev–Trinajstić information content (AvgIpc) is 2.37. The Kier molecular flexibility index (Phi) is 5.51. The van der Waals surface area contributed by atoms with E-state index < -0.39 is 0 Å². The number of hydrogen-bond donors (Lipinski definition) is 1. The van der Waals surface area contributed by atoms with Crippen molar-refractivity contribution in [1.29, 1.82) is 0 Å². The van der Waals surface area contributed by atoms with Crippen LogP contribution in [0.5, 0.6) is 0 Å². The molecule has 3 heteroatoms. The molecule has 1 heterocycles. The molecular weight excluding hydrogens is 174 g/mol. The Bertz CT molecular complexity index is 232. The number of aryl methyl sites for hydroxylation is 1. The van der Waals surface area contributed by atoms with E-state index in [1.165, 1.54) is 0 Å². The van der Waals surface area contributed by atoms with Gasteiger partial charge in [-0.15, -0.1) is 19.0 Å². The zero-order valence-electron chi connectivity index (χ0n) is 7.17. The molecule has 0 aliphatic rings. The number of rotatable bonds is 4. The second-order valence-corrected chi connectivity index (χ2v) is 2.43. The van der Waals surface area contributed by atoms with Crippen molar-refractivity contribution in [3.8, 4) is 0 Å². The molecule has 1 N–H and O–H groups in total. The Hall–Kier alpha value is -0.730. The van der Waals surface area contributed by atoms with Gasteiger partial charge in [0.05, 0.1) is 6.54 Å². The molecule has 12 heavy (non-hydrogen) atoms. The summed E-state index contributed by atoms with van der Waals surface area (Å²) in [4.78, 5) is 0. The Labute approximate surface area is 79.1 Å². The van der Waals surface area contributed by atoms with Crippen LogP contribution in [-0.2, 0) is 6.54 Å². The van der Waals surface area contributed by atoms with E-state index in [0.717, 1.165) is 24.6 Å².